The van der Waals surface area contributed by atoms with Crippen molar-refractivity contribution in [3.63, 3.8) is 0 Å². The van der Waals surface area contributed by atoms with E-state index in [9.17, 15) is 4.79 Å². The molecule has 1 aromatic rings. The number of rotatable bonds is 2. The van der Waals surface area contributed by atoms with Gasteiger partial charge in [0, 0.05) is 12.6 Å². The number of nitrogens with two attached hydrogens (primary N) is 1. The van der Waals surface area contributed by atoms with Gasteiger partial charge in [0.25, 0.3) is 5.56 Å². The van der Waals surface area contributed by atoms with Crippen LogP contribution >= 0.6 is 11.6 Å². The van der Waals surface area contributed by atoms with Crippen LogP contribution in [0.25, 0.3) is 0 Å². The van der Waals surface area contributed by atoms with Crippen molar-refractivity contribution in [3.8, 4) is 0 Å². The van der Waals surface area contributed by atoms with Crippen LogP contribution in [-0.4, -0.2) is 16.3 Å². The zero-order valence-electron chi connectivity index (χ0n) is 5.83. The Bertz CT molecular complexity index is 296. The van der Waals surface area contributed by atoms with E-state index in [1.54, 1.807) is 0 Å². The van der Waals surface area contributed by atoms with Gasteiger partial charge >= 0.3 is 0 Å². The number of nitrogens with zero attached hydrogens (tertiary/aromatic N) is 2. The molecule has 0 spiro atoms. The van der Waals surface area contributed by atoms with Gasteiger partial charge in [-0.1, -0.05) is 11.6 Å². The Labute approximate surface area is 68.6 Å². The molecule has 0 bridgehead atoms. The van der Waals surface area contributed by atoms with E-state index in [0.717, 1.165) is 0 Å². The lowest BCUT2D eigenvalue weighted by molar-refractivity contribution is 0.587. The number of halogens is 1. The van der Waals surface area contributed by atoms with Crippen molar-refractivity contribution in [3.05, 3.63) is 27.6 Å². The van der Waals surface area contributed by atoms with E-state index >= 15 is 0 Å². The van der Waals surface area contributed by atoms with Crippen LogP contribution in [0.2, 0.25) is 5.15 Å². The molecular formula is C6H8ClN3O. The van der Waals surface area contributed by atoms with Crippen LogP contribution in [0.4, 0.5) is 0 Å². The number of hydrogen-bond acceptors (Lipinski definition) is 3. The van der Waals surface area contributed by atoms with Gasteiger partial charge in [-0.3, -0.25) is 4.79 Å². The lowest BCUT2D eigenvalue weighted by atomic mass is 10.5. The van der Waals surface area contributed by atoms with Crippen LogP contribution in [-0.2, 0) is 6.54 Å². The molecule has 0 saturated heterocycles. The fraction of sp³-hybridized carbons (Fsp3) is 0.333. The van der Waals surface area contributed by atoms with Crippen LogP contribution in [0.5, 0.6) is 0 Å². The first kappa shape index (κ1) is 8.23. The minimum absolute atomic E-state index is 0.181. The van der Waals surface area contributed by atoms with Gasteiger partial charge in [-0.15, -0.1) is 0 Å². The van der Waals surface area contributed by atoms with Crippen LogP contribution in [0, 0.1) is 0 Å². The molecule has 0 radical (unpaired) electrons. The fourth-order valence-corrected chi connectivity index (χ4v) is 0.861. The maximum Gasteiger partial charge on any atom is 0.266 e. The second-order valence-electron chi connectivity index (χ2n) is 2.01. The van der Waals surface area contributed by atoms with E-state index in [0.29, 0.717) is 18.2 Å². The van der Waals surface area contributed by atoms with Crippen molar-refractivity contribution >= 4 is 11.6 Å². The van der Waals surface area contributed by atoms with Gasteiger partial charge in [0.2, 0.25) is 0 Å². The predicted molar refractivity (Wildman–Crippen MR) is 42.6 cm³/mol. The molecule has 0 aliphatic heterocycles. The summed E-state index contributed by atoms with van der Waals surface area (Å²) < 4.78 is 1.24. The number of aromatic nitrogens is 2. The maximum atomic E-state index is 10.9. The topological polar surface area (TPSA) is 60.9 Å². The molecule has 0 fully saturated rings. The highest BCUT2D eigenvalue weighted by Crippen LogP contribution is 1.96. The Morgan fingerprint density at radius 2 is 2.36 bits per heavy atom. The van der Waals surface area contributed by atoms with E-state index < -0.39 is 0 Å². The Morgan fingerprint density at radius 3 is 3.00 bits per heavy atom. The monoisotopic (exact) mass is 173 g/mol. The van der Waals surface area contributed by atoms with E-state index in [2.05, 4.69) is 5.10 Å². The smallest absolute Gasteiger partial charge is 0.266 e. The van der Waals surface area contributed by atoms with Crippen molar-refractivity contribution < 1.29 is 0 Å². The predicted octanol–water partition coefficient (Wildman–Crippen LogP) is -0.145. The normalized spacial score (nSPS) is 10.0. The zero-order chi connectivity index (χ0) is 8.27. The molecule has 5 heteroatoms. The average Bonchev–Trinajstić information content (AvgIpc) is 1.98. The molecule has 11 heavy (non-hydrogen) atoms. The highest BCUT2D eigenvalue weighted by Gasteiger charge is 1.95. The van der Waals surface area contributed by atoms with Crippen LogP contribution in [0.1, 0.15) is 0 Å². The van der Waals surface area contributed by atoms with Gasteiger partial charge in [0.05, 0.1) is 6.54 Å². The molecule has 0 unspecified atom stereocenters. The van der Waals surface area contributed by atoms with Crippen molar-refractivity contribution in [2.45, 2.75) is 6.54 Å². The van der Waals surface area contributed by atoms with Crippen molar-refractivity contribution in [1.82, 2.24) is 9.78 Å². The number of hydrogen-bond donors (Lipinski definition) is 1. The molecule has 60 valence electrons. The summed E-state index contributed by atoms with van der Waals surface area (Å²) in [5.41, 5.74) is 5.06. The van der Waals surface area contributed by atoms with Gasteiger partial charge in [-0.05, 0) is 6.07 Å². The summed E-state index contributed by atoms with van der Waals surface area (Å²) in [6.07, 6.45) is 0. The van der Waals surface area contributed by atoms with Crippen LogP contribution in [0.3, 0.4) is 0 Å². The molecule has 4 nitrogen and oxygen atoms in total. The van der Waals surface area contributed by atoms with Crippen molar-refractivity contribution in [2.75, 3.05) is 6.54 Å². The van der Waals surface area contributed by atoms with E-state index in [1.807, 2.05) is 0 Å². The summed E-state index contributed by atoms with van der Waals surface area (Å²) in [5.74, 6) is 0. The average molecular weight is 174 g/mol. The molecule has 0 atom stereocenters. The molecule has 1 aromatic heterocycles. The van der Waals surface area contributed by atoms with Gasteiger partial charge in [0.15, 0.2) is 0 Å². The molecule has 0 amide bonds. The summed E-state index contributed by atoms with van der Waals surface area (Å²) in [5, 5.41) is 4.06. The first-order valence-corrected chi connectivity index (χ1v) is 3.55. The zero-order valence-corrected chi connectivity index (χ0v) is 6.58. The van der Waals surface area contributed by atoms with Crippen LogP contribution < -0.4 is 11.3 Å². The Kier molecular flexibility index (Phi) is 2.62. The maximum absolute atomic E-state index is 10.9. The second-order valence-corrected chi connectivity index (χ2v) is 2.39. The van der Waals surface area contributed by atoms with Gasteiger partial charge in [0.1, 0.15) is 5.15 Å². The SMILES string of the molecule is NCCn1nc(Cl)ccc1=O. The lowest BCUT2D eigenvalue weighted by Crippen LogP contribution is -2.25. The third-order valence-electron chi connectivity index (χ3n) is 1.17. The molecule has 0 aromatic carbocycles. The molecule has 0 saturated carbocycles. The van der Waals surface area contributed by atoms with Gasteiger partial charge in [-0.25, -0.2) is 4.68 Å². The summed E-state index contributed by atoms with van der Waals surface area (Å²) in [4.78, 5) is 10.9. The fourth-order valence-electron chi connectivity index (χ4n) is 0.706. The van der Waals surface area contributed by atoms with E-state index in [4.69, 9.17) is 17.3 Å². The van der Waals surface area contributed by atoms with E-state index in [1.165, 1.54) is 16.8 Å². The second kappa shape index (κ2) is 3.50. The highest BCUT2D eigenvalue weighted by molar-refractivity contribution is 6.29. The largest absolute Gasteiger partial charge is 0.329 e. The summed E-state index contributed by atoms with van der Waals surface area (Å²) in [6, 6.07) is 2.82. The minimum atomic E-state index is -0.181. The Morgan fingerprint density at radius 1 is 1.64 bits per heavy atom. The highest BCUT2D eigenvalue weighted by atomic mass is 35.5. The van der Waals surface area contributed by atoms with E-state index in [-0.39, 0.29) is 5.56 Å². The molecule has 0 aliphatic rings. The van der Waals surface area contributed by atoms with Crippen molar-refractivity contribution in [2.24, 2.45) is 5.73 Å². The Balaban J connectivity index is 3.03. The quantitative estimate of drug-likeness (QED) is 0.677. The summed E-state index contributed by atoms with van der Waals surface area (Å²) >= 11 is 5.54. The first-order valence-electron chi connectivity index (χ1n) is 3.18. The Hall–Kier alpha value is -0.870. The summed E-state index contributed by atoms with van der Waals surface area (Å²) in [7, 11) is 0. The first-order chi connectivity index (χ1) is 5.24. The molecular weight excluding hydrogens is 166 g/mol. The molecule has 0 aliphatic carbocycles. The third-order valence-corrected chi connectivity index (χ3v) is 1.38. The standard InChI is InChI=1S/C6H8ClN3O/c7-5-1-2-6(11)10(9-5)4-3-8/h1-2H,3-4,8H2. The minimum Gasteiger partial charge on any atom is -0.329 e. The molecule has 1 heterocycles. The van der Waals surface area contributed by atoms with Gasteiger partial charge < -0.3 is 5.73 Å². The third kappa shape index (κ3) is 2.03. The molecule has 2 N–H and O–H groups in total. The summed E-state index contributed by atoms with van der Waals surface area (Å²) in [6.45, 7) is 0.784. The lowest BCUT2D eigenvalue weighted by Gasteiger charge is -1.99. The van der Waals surface area contributed by atoms with Crippen molar-refractivity contribution in [1.29, 1.82) is 0 Å². The molecule has 1 rings (SSSR count). The van der Waals surface area contributed by atoms with Gasteiger partial charge in [-0.2, -0.15) is 5.10 Å². The van der Waals surface area contributed by atoms with Crippen LogP contribution in [0.15, 0.2) is 16.9 Å².